The Kier molecular flexibility index (Phi) is 7.98. The Balaban J connectivity index is 0.000000451. The minimum Gasteiger partial charge on any atom is -0.475 e. The fourth-order valence-electron chi connectivity index (χ4n) is 2.99. The van der Waals surface area contributed by atoms with Gasteiger partial charge in [0.25, 0.3) is 5.56 Å². The van der Waals surface area contributed by atoms with E-state index in [4.69, 9.17) is 9.90 Å². The molecule has 0 aromatic carbocycles. The quantitative estimate of drug-likeness (QED) is 0.632. The number of rotatable bonds is 4. The summed E-state index contributed by atoms with van der Waals surface area (Å²) < 4.78 is 35.0. The molecule has 1 aliphatic rings. The second kappa shape index (κ2) is 10.3. The fourth-order valence-corrected chi connectivity index (χ4v) is 2.99. The van der Waals surface area contributed by atoms with E-state index in [9.17, 15) is 22.8 Å². The van der Waals surface area contributed by atoms with Gasteiger partial charge in [-0.1, -0.05) is 5.92 Å². The van der Waals surface area contributed by atoms with Gasteiger partial charge in [-0.3, -0.25) is 18.7 Å². The van der Waals surface area contributed by atoms with Crippen LogP contribution in [0.15, 0.2) is 4.79 Å². The number of nitrogens with zero attached hydrogens (tertiary/aromatic N) is 5. The number of hydrogen-bond acceptors (Lipinski definition) is 7. The van der Waals surface area contributed by atoms with Gasteiger partial charge < -0.3 is 15.3 Å². The molecule has 0 saturated carbocycles. The van der Waals surface area contributed by atoms with Crippen LogP contribution in [-0.4, -0.2) is 68.3 Å². The standard InChI is InChI=1S/C17H22N6O2.C2HF3O2/c1-4-5-8-23-14-15(20-17(23)22-9-6-18-7-10-22)19-13(11-12(2)24)21(3)16(14)25;3-2(4,5)1(6)7/h18H,6-11H2,1-3H3;(H,6,7). The van der Waals surface area contributed by atoms with Crippen LogP contribution < -0.4 is 15.8 Å². The van der Waals surface area contributed by atoms with Gasteiger partial charge in [0.1, 0.15) is 11.6 Å². The van der Waals surface area contributed by atoms with Crippen molar-refractivity contribution in [3.05, 3.63) is 16.2 Å². The summed E-state index contributed by atoms with van der Waals surface area (Å²) in [5.74, 6) is 4.23. The summed E-state index contributed by atoms with van der Waals surface area (Å²) in [6.45, 7) is 6.98. The molecule has 2 aromatic heterocycles. The number of fused-ring (bicyclic) bond motifs is 1. The van der Waals surface area contributed by atoms with Gasteiger partial charge in [0.15, 0.2) is 11.2 Å². The molecule has 1 fully saturated rings. The number of carbonyl (C=O) groups is 2. The lowest BCUT2D eigenvalue weighted by molar-refractivity contribution is -0.192. The van der Waals surface area contributed by atoms with Crippen LogP contribution >= 0.6 is 0 Å². The maximum Gasteiger partial charge on any atom is 0.490 e. The van der Waals surface area contributed by atoms with Crippen molar-refractivity contribution < 1.29 is 27.9 Å². The molecule has 1 saturated heterocycles. The van der Waals surface area contributed by atoms with E-state index in [0.29, 0.717) is 29.5 Å². The molecule has 10 nitrogen and oxygen atoms in total. The van der Waals surface area contributed by atoms with Crippen LogP contribution in [-0.2, 0) is 29.6 Å². The zero-order valence-electron chi connectivity index (χ0n) is 17.8. The van der Waals surface area contributed by atoms with Crippen molar-refractivity contribution >= 4 is 28.9 Å². The van der Waals surface area contributed by atoms with Crippen LogP contribution in [0.25, 0.3) is 11.2 Å². The van der Waals surface area contributed by atoms with Crippen molar-refractivity contribution in [2.24, 2.45) is 7.05 Å². The van der Waals surface area contributed by atoms with Crippen LogP contribution in [0.1, 0.15) is 19.7 Å². The second-order valence-electron chi connectivity index (χ2n) is 6.91. The number of piperazine rings is 1. The molecule has 13 heteroatoms. The van der Waals surface area contributed by atoms with Crippen molar-refractivity contribution in [1.82, 2.24) is 24.4 Å². The molecule has 0 unspecified atom stereocenters. The number of carboxylic acid groups (broad SMARTS) is 1. The van der Waals surface area contributed by atoms with E-state index >= 15 is 0 Å². The number of carbonyl (C=O) groups excluding carboxylic acids is 1. The minimum atomic E-state index is -5.08. The number of aromatic nitrogens is 4. The van der Waals surface area contributed by atoms with Crippen LogP contribution in [0.4, 0.5) is 19.1 Å². The highest BCUT2D eigenvalue weighted by Crippen LogP contribution is 2.20. The predicted octanol–water partition coefficient (Wildman–Crippen LogP) is 0.328. The summed E-state index contributed by atoms with van der Waals surface area (Å²) in [5, 5.41) is 10.4. The maximum absolute atomic E-state index is 12.9. The lowest BCUT2D eigenvalue weighted by atomic mass is 10.3. The van der Waals surface area contributed by atoms with Crippen LogP contribution in [0.2, 0.25) is 0 Å². The summed E-state index contributed by atoms with van der Waals surface area (Å²) >= 11 is 0. The zero-order valence-corrected chi connectivity index (χ0v) is 17.8. The molecule has 1 aliphatic heterocycles. The number of Topliss-reactive ketones (excluding diaryl/α,β-unsaturated/α-hetero) is 1. The summed E-state index contributed by atoms with van der Waals surface area (Å²) in [7, 11) is 1.64. The number of halogens is 3. The number of alkyl halides is 3. The van der Waals surface area contributed by atoms with Gasteiger partial charge in [0.2, 0.25) is 5.95 Å². The third kappa shape index (κ3) is 5.85. The number of hydrogen-bond donors (Lipinski definition) is 2. The third-order valence-electron chi connectivity index (χ3n) is 4.52. The lowest BCUT2D eigenvalue weighted by Crippen LogP contribution is -2.44. The van der Waals surface area contributed by atoms with Crippen molar-refractivity contribution in [2.45, 2.75) is 33.0 Å². The molecule has 0 radical (unpaired) electrons. The minimum absolute atomic E-state index is 0.0412. The van der Waals surface area contributed by atoms with E-state index in [0.717, 1.165) is 26.2 Å². The Hall–Kier alpha value is -3.40. The van der Waals surface area contributed by atoms with E-state index in [2.05, 4.69) is 32.0 Å². The molecule has 0 amide bonds. The van der Waals surface area contributed by atoms with Gasteiger partial charge >= 0.3 is 12.1 Å². The topological polar surface area (TPSA) is 122 Å². The number of imidazole rings is 1. The Labute approximate surface area is 181 Å². The van der Waals surface area contributed by atoms with Gasteiger partial charge in [0, 0.05) is 33.2 Å². The number of ketones is 1. The molecule has 0 atom stereocenters. The molecule has 0 bridgehead atoms. The predicted molar refractivity (Wildman–Crippen MR) is 109 cm³/mol. The van der Waals surface area contributed by atoms with Crippen LogP contribution in [0, 0.1) is 11.8 Å². The smallest absolute Gasteiger partial charge is 0.475 e. The number of nitrogens with one attached hydrogen (secondary N) is 1. The van der Waals surface area contributed by atoms with Crippen molar-refractivity contribution in [3.63, 3.8) is 0 Å². The summed E-state index contributed by atoms with van der Waals surface area (Å²) in [6, 6.07) is 0. The number of anilines is 1. The molecular weight excluding hydrogens is 433 g/mol. The van der Waals surface area contributed by atoms with Gasteiger partial charge in [-0.05, 0) is 13.8 Å². The lowest BCUT2D eigenvalue weighted by Gasteiger charge is -2.28. The molecule has 174 valence electrons. The highest BCUT2D eigenvalue weighted by Gasteiger charge is 2.38. The van der Waals surface area contributed by atoms with E-state index in [-0.39, 0.29) is 17.8 Å². The molecular formula is C19H23F3N6O4. The summed E-state index contributed by atoms with van der Waals surface area (Å²) in [5.41, 5.74) is 0.616. The molecule has 3 heterocycles. The van der Waals surface area contributed by atoms with Crippen LogP contribution in [0.3, 0.4) is 0 Å². The van der Waals surface area contributed by atoms with E-state index in [1.165, 1.54) is 11.5 Å². The van der Waals surface area contributed by atoms with E-state index in [1.54, 1.807) is 14.0 Å². The maximum atomic E-state index is 12.9. The molecule has 3 rings (SSSR count). The number of carboxylic acids is 1. The molecule has 32 heavy (non-hydrogen) atoms. The van der Waals surface area contributed by atoms with Gasteiger partial charge in [-0.2, -0.15) is 18.2 Å². The molecule has 0 aliphatic carbocycles. The first kappa shape index (κ1) is 24.9. The molecule has 0 spiro atoms. The van der Waals surface area contributed by atoms with Gasteiger partial charge in [-0.25, -0.2) is 9.78 Å². The SMILES string of the molecule is CC#CCn1c(N2CCNCC2)nc2nc(CC(C)=O)n(C)c(=O)c21.O=C(O)C(F)(F)F. The zero-order chi connectivity index (χ0) is 24.1. The normalized spacial score (nSPS) is 13.8. The fraction of sp³-hybridized carbons (Fsp3) is 0.526. The van der Waals surface area contributed by atoms with Crippen LogP contribution in [0.5, 0.6) is 0 Å². The summed E-state index contributed by atoms with van der Waals surface area (Å²) in [6.07, 6.45) is -4.97. The largest absolute Gasteiger partial charge is 0.490 e. The highest BCUT2D eigenvalue weighted by molar-refractivity contribution is 5.79. The number of aliphatic carboxylic acids is 1. The first-order valence-corrected chi connectivity index (χ1v) is 9.58. The Morgan fingerprint density at radius 2 is 1.81 bits per heavy atom. The average Bonchev–Trinajstić information content (AvgIpc) is 3.08. The Morgan fingerprint density at radius 3 is 2.31 bits per heavy atom. The highest BCUT2D eigenvalue weighted by atomic mass is 19.4. The first-order chi connectivity index (χ1) is 15.0. The summed E-state index contributed by atoms with van der Waals surface area (Å²) in [4.78, 5) is 44.5. The monoisotopic (exact) mass is 456 g/mol. The van der Waals surface area contributed by atoms with Gasteiger partial charge in [-0.15, -0.1) is 5.92 Å². The Morgan fingerprint density at radius 1 is 1.22 bits per heavy atom. The second-order valence-corrected chi connectivity index (χ2v) is 6.91. The third-order valence-corrected chi connectivity index (χ3v) is 4.52. The van der Waals surface area contributed by atoms with Crippen molar-refractivity contribution in [2.75, 3.05) is 31.1 Å². The van der Waals surface area contributed by atoms with E-state index in [1.807, 2.05) is 4.57 Å². The average molecular weight is 456 g/mol. The van der Waals surface area contributed by atoms with E-state index < -0.39 is 12.1 Å². The molecule has 2 N–H and O–H groups in total. The van der Waals surface area contributed by atoms with Crippen molar-refractivity contribution in [3.8, 4) is 11.8 Å². The van der Waals surface area contributed by atoms with Gasteiger partial charge in [0.05, 0.1) is 13.0 Å². The van der Waals surface area contributed by atoms with Crippen molar-refractivity contribution in [1.29, 1.82) is 0 Å². The Bertz CT molecular complexity index is 1120. The molecule has 2 aromatic rings. The first-order valence-electron chi connectivity index (χ1n) is 9.58.